The van der Waals surface area contributed by atoms with E-state index in [0.29, 0.717) is 50.8 Å². The van der Waals surface area contributed by atoms with E-state index in [2.05, 4.69) is 4.98 Å². The van der Waals surface area contributed by atoms with Crippen molar-refractivity contribution in [2.45, 2.75) is 58.5 Å². The van der Waals surface area contributed by atoms with Gasteiger partial charge in [0.2, 0.25) is 0 Å². The first kappa shape index (κ1) is 22.0. The Labute approximate surface area is 176 Å². The molecule has 0 unspecified atom stereocenters. The van der Waals surface area contributed by atoms with E-state index in [0.717, 1.165) is 10.9 Å². The summed E-state index contributed by atoms with van der Waals surface area (Å²) in [7, 11) is 0. The number of pyridine rings is 1. The monoisotopic (exact) mass is 416 g/mol. The summed E-state index contributed by atoms with van der Waals surface area (Å²) >= 11 is 0. The van der Waals surface area contributed by atoms with Crippen LogP contribution in [0.1, 0.15) is 52.0 Å². The number of fused-ring (bicyclic) bond motifs is 1. The first-order valence-electron chi connectivity index (χ1n) is 10.3. The third-order valence-electron chi connectivity index (χ3n) is 5.74. The topological polar surface area (TPSA) is 79.7 Å². The van der Waals surface area contributed by atoms with Crippen molar-refractivity contribution in [3.05, 3.63) is 41.8 Å². The lowest BCUT2D eigenvalue weighted by Crippen LogP contribution is -2.48. The fourth-order valence-corrected chi connectivity index (χ4v) is 4.05. The van der Waals surface area contributed by atoms with E-state index in [1.807, 2.05) is 24.3 Å². The number of carbonyl (C=O) groups excluding carboxylic acids is 1. The number of amides is 1. The van der Waals surface area contributed by atoms with Crippen molar-refractivity contribution in [3.63, 3.8) is 0 Å². The Morgan fingerprint density at radius 3 is 2.53 bits per heavy atom. The number of hydrogen-bond donors (Lipinski definition) is 1. The molecule has 162 valence electrons. The molecule has 0 spiro atoms. The van der Waals surface area contributed by atoms with Gasteiger partial charge in [0.25, 0.3) is 0 Å². The van der Waals surface area contributed by atoms with Crippen LogP contribution < -0.4 is 0 Å². The molecular weight excluding hydrogens is 387 g/mol. The van der Waals surface area contributed by atoms with Gasteiger partial charge < -0.3 is 14.7 Å². The summed E-state index contributed by atoms with van der Waals surface area (Å²) < 4.78 is 19.8. The molecule has 6 nitrogen and oxygen atoms in total. The van der Waals surface area contributed by atoms with Crippen LogP contribution in [0.2, 0.25) is 0 Å². The number of aryl methyl sites for hydroxylation is 1. The van der Waals surface area contributed by atoms with E-state index in [1.165, 1.54) is 6.20 Å². The number of ether oxygens (including phenoxy) is 1. The molecule has 1 amide bonds. The number of hydrogen-bond acceptors (Lipinski definition) is 4. The van der Waals surface area contributed by atoms with Gasteiger partial charge in [-0.2, -0.15) is 0 Å². The summed E-state index contributed by atoms with van der Waals surface area (Å²) in [6, 6.07) is 7.38. The predicted molar refractivity (Wildman–Crippen MR) is 112 cm³/mol. The Morgan fingerprint density at radius 2 is 1.90 bits per heavy atom. The van der Waals surface area contributed by atoms with Crippen molar-refractivity contribution in [1.29, 1.82) is 0 Å². The molecule has 1 aromatic carbocycles. The third kappa shape index (κ3) is 4.89. The molecule has 2 heterocycles. The highest BCUT2D eigenvalue weighted by atomic mass is 19.1. The quantitative estimate of drug-likeness (QED) is 0.757. The highest BCUT2D eigenvalue weighted by Gasteiger charge is 2.42. The fourth-order valence-electron chi connectivity index (χ4n) is 4.05. The van der Waals surface area contributed by atoms with Gasteiger partial charge in [-0.25, -0.2) is 9.18 Å². The Hall–Kier alpha value is -2.70. The van der Waals surface area contributed by atoms with Gasteiger partial charge in [0, 0.05) is 18.5 Å². The minimum Gasteiger partial charge on any atom is -0.481 e. The number of halogens is 1. The van der Waals surface area contributed by atoms with Crippen molar-refractivity contribution in [3.8, 4) is 0 Å². The van der Waals surface area contributed by atoms with E-state index in [4.69, 9.17) is 4.74 Å². The molecule has 30 heavy (non-hydrogen) atoms. The summed E-state index contributed by atoms with van der Waals surface area (Å²) in [5, 5.41) is 10.7. The number of aromatic nitrogens is 1. The number of rotatable bonds is 5. The van der Waals surface area contributed by atoms with Gasteiger partial charge in [-0.05, 0) is 64.5 Å². The average Bonchev–Trinajstić information content (AvgIpc) is 2.68. The Morgan fingerprint density at radius 1 is 1.23 bits per heavy atom. The molecule has 2 aromatic rings. The normalized spacial score (nSPS) is 16.5. The van der Waals surface area contributed by atoms with Crippen LogP contribution in [0.15, 0.2) is 30.5 Å². The minimum absolute atomic E-state index is 0.341. The van der Waals surface area contributed by atoms with Gasteiger partial charge in [-0.15, -0.1) is 0 Å². The summed E-state index contributed by atoms with van der Waals surface area (Å²) in [6.07, 6.45) is 2.96. The maximum absolute atomic E-state index is 14.4. The van der Waals surface area contributed by atoms with Crippen LogP contribution in [0.25, 0.3) is 10.9 Å². The van der Waals surface area contributed by atoms with Gasteiger partial charge in [-0.1, -0.05) is 18.2 Å². The third-order valence-corrected chi connectivity index (χ3v) is 5.74. The number of nitrogens with zero attached hydrogens (tertiary/aromatic N) is 2. The number of benzene rings is 1. The molecule has 0 atom stereocenters. The van der Waals surface area contributed by atoms with Crippen LogP contribution in [0.5, 0.6) is 0 Å². The molecule has 0 radical (unpaired) electrons. The summed E-state index contributed by atoms with van der Waals surface area (Å²) in [5.74, 6) is -1.22. The van der Waals surface area contributed by atoms with Crippen molar-refractivity contribution in [1.82, 2.24) is 9.88 Å². The maximum atomic E-state index is 14.4. The number of likely N-dealkylation sites (tertiary alicyclic amines) is 1. The zero-order valence-corrected chi connectivity index (χ0v) is 17.8. The van der Waals surface area contributed by atoms with Crippen molar-refractivity contribution >= 4 is 23.0 Å². The summed E-state index contributed by atoms with van der Waals surface area (Å²) in [4.78, 5) is 30.0. The maximum Gasteiger partial charge on any atom is 0.410 e. The molecule has 1 aliphatic rings. The molecule has 0 aliphatic carbocycles. The smallest absolute Gasteiger partial charge is 0.410 e. The van der Waals surface area contributed by atoms with Crippen molar-refractivity contribution in [2.75, 3.05) is 13.1 Å². The highest BCUT2D eigenvalue weighted by molar-refractivity contribution is 5.82. The number of aliphatic carboxylic acids is 1. The second-order valence-electron chi connectivity index (χ2n) is 9.01. The van der Waals surface area contributed by atoms with E-state index < -0.39 is 23.1 Å². The second kappa shape index (κ2) is 8.58. The van der Waals surface area contributed by atoms with Crippen LogP contribution in [0.3, 0.4) is 0 Å². The van der Waals surface area contributed by atoms with Gasteiger partial charge in [0.05, 0.1) is 17.1 Å². The fraction of sp³-hybridized carbons (Fsp3) is 0.522. The standard InChI is InChI=1S/C23H29FN2O4/c1-22(2,3)30-21(29)26-13-11-23(12-14-26,20(27)28)10-6-8-16-17-7-4-5-9-19(17)25-15-18(16)24/h4-5,7,9,15H,6,8,10-14H2,1-3H3,(H,27,28). The predicted octanol–water partition coefficient (Wildman–Crippen LogP) is 4.80. The van der Waals surface area contributed by atoms with Gasteiger partial charge in [0.1, 0.15) is 11.4 Å². The van der Waals surface area contributed by atoms with Crippen molar-refractivity contribution in [2.24, 2.45) is 5.41 Å². The lowest BCUT2D eigenvalue weighted by Gasteiger charge is -2.39. The molecule has 1 aliphatic heterocycles. The van der Waals surface area contributed by atoms with E-state index in [1.54, 1.807) is 25.7 Å². The number of carboxylic acids is 1. The zero-order valence-electron chi connectivity index (χ0n) is 17.8. The van der Waals surface area contributed by atoms with Gasteiger partial charge in [0.15, 0.2) is 0 Å². The average molecular weight is 416 g/mol. The van der Waals surface area contributed by atoms with Crippen LogP contribution in [0, 0.1) is 11.2 Å². The van der Waals surface area contributed by atoms with E-state index in [9.17, 15) is 19.1 Å². The van der Waals surface area contributed by atoms with Gasteiger partial charge in [-0.3, -0.25) is 9.78 Å². The molecule has 0 bridgehead atoms. The number of para-hydroxylation sites is 1. The first-order chi connectivity index (χ1) is 14.1. The van der Waals surface area contributed by atoms with Crippen LogP contribution in [-0.2, 0) is 16.0 Å². The molecular formula is C23H29FN2O4. The SMILES string of the molecule is CC(C)(C)OC(=O)N1CCC(CCCc2c(F)cnc3ccccc23)(C(=O)O)CC1. The van der Waals surface area contributed by atoms with Crippen LogP contribution in [0.4, 0.5) is 9.18 Å². The second-order valence-corrected chi connectivity index (χ2v) is 9.01. The molecule has 1 saturated heterocycles. The van der Waals surface area contributed by atoms with E-state index >= 15 is 0 Å². The largest absolute Gasteiger partial charge is 0.481 e. The summed E-state index contributed by atoms with van der Waals surface area (Å²) in [6.45, 7) is 6.09. The minimum atomic E-state index is -0.905. The molecule has 0 saturated carbocycles. The molecule has 1 fully saturated rings. The molecule has 1 N–H and O–H groups in total. The van der Waals surface area contributed by atoms with Crippen LogP contribution in [-0.4, -0.2) is 45.7 Å². The molecule has 1 aromatic heterocycles. The van der Waals surface area contributed by atoms with Gasteiger partial charge >= 0.3 is 12.1 Å². The number of piperidine rings is 1. The summed E-state index contributed by atoms with van der Waals surface area (Å²) in [5.41, 5.74) is -0.187. The molecule has 3 rings (SSSR count). The Balaban J connectivity index is 1.65. The lowest BCUT2D eigenvalue weighted by molar-refractivity contribution is -0.152. The lowest BCUT2D eigenvalue weighted by atomic mass is 9.74. The number of carboxylic acid groups (broad SMARTS) is 1. The zero-order chi connectivity index (χ0) is 21.9. The highest BCUT2D eigenvalue weighted by Crippen LogP contribution is 2.38. The Kier molecular flexibility index (Phi) is 6.29. The number of carbonyl (C=O) groups is 2. The van der Waals surface area contributed by atoms with Crippen LogP contribution >= 0.6 is 0 Å². The first-order valence-corrected chi connectivity index (χ1v) is 10.3. The Bertz CT molecular complexity index is 930. The molecule has 7 heteroatoms. The van der Waals surface area contributed by atoms with Crippen molar-refractivity contribution < 1.29 is 23.8 Å². The van der Waals surface area contributed by atoms with E-state index in [-0.39, 0.29) is 5.82 Å².